The van der Waals surface area contributed by atoms with Crippen molar-refractivity contribution in [3.8, 4) is 0 Å². The van der Waals surface area contributed by atoms with Crippen LogP contribution in [0.25, 0.3) is 0 Å². The number of nitrogens with zero attached hydrogens (tertiary/aromatic N) is 2. The third kappa shape index (κ3) is 7.56. The fourth-order valence-electron chi connectivity index (χ4n) is 2.40. The van der Waals surface area contributed by atoms with Gasteiger partial charge in [0.2, 0.25) is 5.91 Å². The fourth-order valence-corrected chi connectivity index (χ4v) is 2.40. The lowest BCUT2D eigenvalue weighted by Gasteiger charge is -2.30. The number of carbonyl (C=O) groups excluding carboxylic acids is 2. The van der Waals surface area contributed by atoms with Crippen LogP contribution in [-0.2, 0) is 11.2 Å². The van der Waals surface area contributed by atoms with Gasteiger partial charge in [0.05, 0.1) is 6.42 Å². The number of anilines is 1. The molecule has 0 aliphatic rings. The standard InChI is InChI=1S/C19H31N3O3/c1-19(2,3)14-22(11-8-12-23)18(25)20-16-10-7-6-9-15(16)13-17(24)21(4)5/h6-7,9-10,23H,8,11-14H2,1-5H3,(H,20,25). The van der Waals surface area contributed by atoms with Gasteiger partial charge in [-0.3, -0.25) is 4.79 Å². The topological polar surface area (TPSA) is 72.9 Å². The molecule has 0 fully saturated rings. The Bertz CT molecular complexity index is 580. The molecule has 6 nitrogen and oxygen atoms in total. The number of hydrogen-bond donors (Lipinski definition) is 2. The van der Waals surface area contributed by atoms with Crippen molar-refractivity contribution in [3.63, 3.8) is 0 Å². The summed E-state index contributed by atoms with van der Waals surface area (Å²) >= 11 is 0. The van der Waals surface area contributed by atoms with Crippen molar-refractivity contribution < 1.29 is 14.7 Å². The van der Waals surface area contributed by atoms with E-state index >= 15 is 0 Å². The van der Waals surface area contributed by atoms with Crippen LogP contribution in [0.15, 0.2) is 24.3 Å². The highest BCUT2D eigenvalue weighted by Crippen LogP contribution is 2.19. The number of urea groups is 1. The van der Waals surface area contributed by atoms with Gasteiger partial charge in [-0.2, -0.15) is 0 Å². The molecule has 6 heteroatoms. The Hall–Kier alpha value is -2.08. The average molecular weight is 349 g/mol. The van der Waals surface area contributed by atoms with Crippen molar-refractivity contribution in [1.29, 1.82) is 0 Å². The van der Waals surface area contributed by atoms with E-state index in [2.05, 4.69) is 26.1 Å². The number of para-hydroxylation sites is 1. The number of amides is 3. The largest absolute Gasteiger partial charge is 0.396 e. The molecule has 3 amide bonds. The number of aliphatic hydroxyl groups is 1. The maximum absolute atomic E-state index is 12.7. The minimum absolute atomic E-state index is 0.0199. The minimum atomic E-state index is -0.215. The molecule has 0 saturated heterocycles. The smallest absolute Gasteiger partial charge is 0.321 e. The zero-order chi connectivity index (χ0) is 19.0. The van der Waals surface area contributed by atoms with Crippen LogP contribution in [-0.4, -0.2) is 60.6 Å². The van der Waals surface area contributed by atoms with Crippen molar-refractivity contribution in [2.45, 2.75) is 33.6 Å². The molecule has 1 rings (SSSR count). The predicted molar refractivity (Wildman–Crippen MR) is 101 cm³/mol. The summed E-state index contributed by atoms with van der Waals surface area (Å²) in [6.45, 7) is 7.31. The van der Waals surface area contributed by atoms with Crippen LogP contribution in [0.3, 0.4) is 0 Å². The van der Waals surface area contributed by atoms with Gasteiger partial charge in [-0.25, -0.2) is 4.79 Å². The third-order valence-electron chi connectivity index (χ3n) is 3.64. The van der Waals surface area contributed by atoms with Crippen molar-refractivity contribution >= 4 is 17.6 Å². The minimum Gasteiger partial charge on any atom is -0.396 e. The van der Waals surface area contributed by atoms with Gasteiger partial charge in [0.15, 0.2) is 0 Å². The third-order valence-corrected chi connectivity index (χ3v) is 3.64. The van der Waals surface area contributed by atoms with Crippen molar-refractivity contribution in [3.05, 3.63) is 29.8 Å². The van der Waals surface area contributed by atoms with Gasteiger partial charge < -0.3 is 20.2 Å². The molecule has 140 valence electrons. The number of nitrogens with one attached hydrogen (secondary N) is 1. The molecule has 0 spiro atoms. The molecule has 0 atom stereocenters. The molecule has 1 aromatic rings. The predicted octanol–water partition coefficient (Wildman–Crippen LogP) is 2.58. The van der Waals surface area contributed by atoms with Crippen LogP contribution < -0.4 is 5.32 Å². The molecule has 0 aliphatic heterocycles. The number of hydrogen-bond acceptors (Lipinski definition) is 3. The van der Waals surface area contributed by atoms with Gasteiger partial charge in [0, 0.05) is 39.5 Å². The first-order valence-corrected chi connectivity index (χ1v) is 8.59. The average Bonchev–Trinajstić information content (AvgIpc) is 2.51. The summed E-state index contributed by atoms with van der Waals surface area (Å²) in [6.07, 6.45) is 0.767. The van der Waals surface area contributed by atoms with E-state index in [0.29, 0.717) is 25.2 Å². The molecule has 0 radical (unpaired) electrons. The Morgan fingerprint density at radius 1 is 1.16 bits per heavy atom. The number of carbonyl (C=O) groups is 2. The summed E-state index contributed by atoms with van der Waals surface area (Å²) in [5.41, 5.74) is 1.38. The molecular weight excluding hydrogens is 318 g/mol. The molecule has 0 bridgehead atoms. The van der Waals surface area contributed by atoms with E-state index < -0.39 is 0 Å². The molecule has 2 N–H and O–H groups in total. The monoisotopic (exact) mass is 349 g/mol. The highest BCUT2D eigenvalue weighted by molar-refractivity contribution is 5.91. The SMILES string of the molecule is CN(C)C(=O)Cc1ccccc1NC(=O)N(CCCO)CC(C)(C)C. The van der Waals surface area contributed by atoms with E-state index in [1.807, 2.05) is 18.2 Å². The molecule has 0 aromatic heterocycles. The van der Waals surface area contributed by atoms with E-state index in [9.17, 15) is 9.59 Å². The Morgan fingerprint density at radius 3 is 2.36 bits per heavy atom. The number of rotatable bonds is 7. The van der Waals surface area contributed by atoms with E-state index in [4.69, 9.17) is 5.11 Å². The Morgan fingerprint density at radius 2 is 1.80 bits per heavy atom. The molecule has 0 unspecified atom stereocenters. The normalized spacial score (nSPS) is 11.1. The second kappa shape index (κ2) is 9.42. The first-order chi connectivity index (χ1) is 11.6. The van der Waals surface area contributed by atoms with E-state index in [1.165, 1.54) is 4.90 Å². The maximum atomic E-state index is 12.7. The summed E-state index contributed by atoms with van der Waals surface area (Å²) in [6, 6.07) is 7.12. The molecule has 0 heterocycles. The second-order valence-corrected chi connectivity index (χ2v) is 7.61. The first kappa shape index (κ1) is 21.0. The first-order valence-electron chi connectivity index (χ1n) is 8.59. The summed E-state index contributed by atoms with van der Waals surface area (Å²) in [7, 11) is 3.42. The van der Waals surface area contributed by atoms with Crippen molar-refractivity contribution in [1.82, 2.24) is 9.80 Å². The number of likely N-dealkylation sites (N-methyl/N-ethyl adjacent to an activating group) is 1. The molecule has 1 aromatic carbocycles. The molecular formula is C19H31N3O3. The quantitative estimate of drug-likeness (QED) is 0.795. The Labute approximate surface area is 150 Å². The summed E-state index contributed by atoms with van der Waals surface area (Å²) in [4.78, 5) is 27.9. The van der Waals surface area contributed by atoms with Crippen molar-refractivity contribution in [2.24, 2.45) is 5.41 Å². The van der Waals surface area contributed by atoms with Gasteiger partial charge in [-0.1, -0.05) is 39.0 Å². The van der Waals surface area contributed by atoms with Crippen LogP contribution in [0, 0.1) is 5.41 Å². The van der Waals surface area contributed by atoms with E-state index in [-0.39, 0.29) is 30.4 Å². The fraction of sp³-hybridized carbons (Fsp3) is 0.579. The lowest BCUT2D eigenvalue weighted by molar-refractivity contribution is -0.127. The highest BCUT2D eigenvalue weighted by atomic mass is 16.3. The van der Waals surface area contributed by atoms with E-state index in [0.717, 1.165) is 5.56 Å². The van der Waals surface area contributed by atoms with E-state index in [1.54, 1.807) is 25.1 Å². The van der Waals surface area contributed by atoms with Crippen LogP contribution in [0.5, 0.6) is 0 Å². The summed E-state index contributed by atoms with van der Waals surface area (Å²) in [5.74, 6) is -0.0199. The van der Waals surface area contributed by atoms with Crippen molar-refractivity contribution in [2.75, 3.05) is 39.1 Å². The molecule has 25 heavy (non-hydrogen) atoms. The lowest BCUT2D eigenvalue weighted by atomic mass is 9.96. The Kier molecular flexibility index (Phi) is 7.90. The maximum Gasteiger partial charge on any atom is 0.321 e. The van der Waals surface area contributed by atoms with Crippen LogP contribution in [0.1, 0.15) is 32.8 Å². The highest BCUT2D eigenvalue weighted by Gasteiger charge is 2.21. The molecule has 0 saturated carbocycles. The number of aliphatic hydroxyl groups excluding tert-OH is 1. The van der Waals surface area contributed by atoms with Crippen LogP contribution >= 0.6 is 0 Å². The number of benzene rings is 1. The van der Waals surface area contributed by atoms with Gasteiger partial charge in [-0.15, -0.1) is 0 Å². The van der Waals surface area contributed by atoms with Gasteiger partial charge in [-0.05, 0) is 23.5 Å². The zero-order valence-electron chi connectivity index (χ0n) is 16.0. The van der Waals surface area contributed by atoms with Crippen LogP contribution in [0.4, 0.5) is 10.5 Å². The summed E-state index contributed by atoms with van der Waals surface area (Å²) < 4.78 is 0. The summed E-state index contributed by atoms with van der Waals surface area (Å²) in [5, 5.41) is 12.0. The van der Waals surface area contributed by atoms with Gasteiger partial charge >= 0.3 is 6.03 Å². The van der Waals surface area contributed by atoms with Gasteiger partial charge in [0.25, 0.3) is 0 Å². The second-order valence-electron chi connectivity index (χ2n) is 7.61. The zero-order valence-corrected chi connectivity index (χ0v) is 16.0. The van der Waals surface area contributed by atoms with Gasteiger partial charge in [0.1, 0.15) is 0 Å². The van der Waals surface area contributed by atoms with Crippen LogP contribution in [0.2, 0.25) is 0 Å². The molecule has 0 aliphatic carbocycles. The Balaban J connectivity index is 2.90. The lowest BCUT2D eigenvalue weighted by Crippen LogP contribution is -2.41.